The Labute approximate surface area is 73.3 Å². The topological polar surface area (TPSA) is 3.24 Å². The zero-order chi connectivity index (χ0) is 8.39. The van der Waals surface area contributed by atoms with E-state index >= 15 is 0 Å². The Bertz CT molecular complexity index is 291. The van der Waals surface area contributed by atoms with Gasteiger partial charge in [-0.1, -0.05) is 24.3 Å². The summed E-state index contributed by atoms with van der Waals surface area (Å²) < 4.78 is 0. The number of hydrogen-bond acceptors (Lipinski definition) is 1. The first-order valence-corrected chi connectivity index (χ1v) is 4.35. The summed E-state index contributed by atoms with van der Waals surface area (Å²) in [5.41, 5.74) is 2.86. The Morgan fingerprint density at radius 1 is 1.42 bits per heavy atom. The summed E-state index contributed by atoms with van der Waals surface area (Å²) in [6.45, 7) is 5.87. The maximum Gasteiger partial charge on any atom is 0.0402 e. The second-order valence-electron chi connectivity index (χ2n) is 3.11. The smallest absolute Gasteiger partial charge is 0.0402 e. The maximum atomic E-state index is 3.76. The van der Waals surface area contributed by atoms with E-state index in [1.54, 1.807) is 0 Å². The van der Waals surface area contributed by atoms with Crippen LogP contribution < -0.4 is 4.90 Å². The molecule has 0 radical (unpaired) electrons. The van der Waals surface area contributed by atoms with Crippen LogP contribution in [0.1, 0.15) is 5.56 Å². The van der Waals surface area contributed by atoms with E-state index in [1.165, 1.54) is 17.7 Å². The van der Waals surface area contributed by atoms with Gasteiger partial charge >= 0.3 is 0 Å². The molecule has 0 aromatic heterocycles. The molecule has 0 fully saturated rings. The minimum absolute atomic E-state index is 0.969. The van der Waals surface area contributed by atoms with Crippen LogP contribution in [0.25, 0.3) is 0 Å². The van der Waals surface area contributed by atoms with Crippen LogP contribution in [0, 0.1) is 0 Å². The standard InChI is InChI=1S/C11H13N/c1-2-8-12-9-7-10-5-3-4-6-11(10)12/h2-6H,1,7-9H2. The van der Waals surface area contributed by atoms with Gasteiger partial charge in [-0.2, -0.15) is 0 Å². The quantitative estimate of drug-likeness (QED) is 0.598. The largest absolute Gasteiger partial charge is 0.367 e. The third-order valence-electron chi connectivity index (χ3n) is 2.33. The second kappa shape index (κ2) is 3.02. The fourth-order valence-corrected chi connectivity index (χ4v) is 1.75. The molecular formula is C11H13N. The van der Waals surface area contributed by atoms with Gasteiger partial charge in [0.15, 0.2) is 0 Å². The highest BCUT2D eigenvalue weighted by Crippen LogP contribution is 2.26. The highest BCUT2D eigenvalue weighted by atomic mass is 15.1. The van der Waals surface area contributed by atoms with E-state index < -0.39 is 0 Å². The molecule has 1 aliphatic rings. The van der Waals surface area contributed by atoms with Gasteiger partial charge in [0.1, 0.15) is 0 Å². The van der Waals surface area contributed by atoms with E-state index in [4.69, 9.17) is 0 Å². The van der Waals surface area contributed by atoms with E-state index in [9.17, 15) is 0 Å². The van der Waals surface area contributed by atoms with Gasteiger partial charge < -0.3 is 4.90 Å². The minimum Gasteiger partial charge on any atom is -0.367 e. The molecule has 1 aromatic rings. The van der Waals surface area contributed by atoms with Crippen molar-refractivity contribution in [3.8, 4) is 0 Å². The van der Waals surface area contributed by atoms with Crippen molar-refractivity contribution in [2.24, 2.45) is 0 Å². The van der Waals surface area contributed by atoms with Crippen LogP contribution in [0.3, 0.4) is 0 Å². The first-order chi connectivity index (χ1) is 5.92. The normalized spacial score (nSPS) is 14.5. The molecule has 0 unspecified atom stereocenters. The highest BCUT2D eigenvalue weighted by molar-refractivity contribution is 5.58. The van der Waals surface area contributed by atoms with Gasteiger partial charge in [-0.05, 0) is 18.1 Å². The summed E-state index contributed by atoms with van der Waals surface area (Å²) in [6.07, 6.45) is 3.14. The molecule has 0 bridgehead atoms. The lowest BCUT2D eigenvalue weighted by molar-refractivity contribution is 0.905. The average molecular weight is 159 g/mol. The fraction of sp³-hybridized carbons (Fsp3) is 0.273. The van der Waals surface area contributed by atoms with Crippen molar-refractivity contribution < 1.29 is 0 Å². The van der Waals surface area contributed by atoms with Crippen molar-refractivity contribution in [2.75, 3.05) is 18.0 Å². The Morgan fingerprint density at radius 2 is 2.25 bits per heavy atom. The second-order valence-corrected chi connectivity index (χ2v) is 3.11. The number of hydrogen-bond donors (Lipinski definition) is 0. The summed E-state index contributed by atoms with van der Waals surface area (Å²) in [7, 11) is 0. The molecule has 0 spiro atoms. The summed E-state index contributed by atoms with van der Waals surface area (Å²) in [4.78, 5) is 2.36. The van der Waals surface area contributed by atoms with Gasteiger partial charge in [0, 0.05) is 18.8 Å². The highest BCUT2D eigenvalue weighted by Gasteiger charge is 2.15. The molecule has 1 aliphatic heterocycles. The molecule has 0 amide bonds. The van der Waals surface area contributed by atoms with Gasteiger partial charge in [-0.15, -0.1) is 6.58 Å². The van der Waals surface area contributed by atoms with Gasteiger partial charge in [0.25, 0.3) is 0 Å². The number of para-hydroxylation sites is 1. The zero-order valence-corrected chi connectivity index (χ0v) is 7.16. The van der Waals surface area contributed by atoms with Crippen LogP contribution >= 0.6 is 0 Å². The molecule has 62 valence electrons. The molecule has 2 rings (SSSR count). The Kier molecular flexibility index (Phi) is 1.86. The molecule has 1 aromatic carbocycles. The minimum atomic E-state index is 0.969. The summed E-state index contributed by atoms with van der Waals surface area (Å²) in [6, 6.07) is 8.60. The predicted octanol–water partition coefficient (Wildman–Crippen LogP) is 2.24. The van der Waals surface area contributed by atoms with Crippen molar-refractivity contribution in [1.29, 1.82) is 0 Å². The zero-order valence-electron chi connectivity index (χ0n) is 7.16. The van der Waals surface area contributed by atoms with E-state index in [2.05, 4.69) is 35.7 Å². The summed E-state index contributed by atoms with van der Waals surface area (Å²) >= 11 is 0. The van der Waals surface area contributed by atoms with Crippen molar-refractivity contribution in [2.45, 2.75) is 6.42 Å². The monoisotopic (exact) mass is 159 g/mol. The Hall–Kier alpha value is -1.24. The number of anilines is 1. The summed E-state index contributed by atoms with van der Waals surface area (Å²) in [5.74, 6) is 0. The molecule has 0 saturated heterocycles. The number of nitrogens with zero attached hydrogens (tertiary/aromatic N) is 1. The van der Waals surface area contributed by atoms with Crippen LogP contribution in [-0.4, -0.2) is 13.1 Å². The van der Waals surface area contributed by atoms with Crippen molar-refractivity contribution in [3.63, 3.8) is 0 Å². The SMILES string of the molecule is C=CCN1CCc2ccccc21. The Balaban J connectivity index is 2.29. The van der Waals surface area contributed by atoms with Gasteiger partial charge in [0.2, 0.25) is 0 Å². The lowest BCUT2D eigenvalue weighted by Gasteiger charge is -2.16. The van der Waals surface area contributed by atoms with E-state index in [0.29, 0.717) is 0 Å². The van der Waals surface area contributed by atoms with Crippen molar-refractivity contribution in [1.82, 2.24) is 0 Å². The van der Waals surface area contributed by atoms with Crippen molar-refractivity contribution >= 4 is 5.69 Å². The molecule has 1 nitrogen and oxygen atoms in total. The summed E-state index contributed by atoms with van der Waals surface area (Å²) in [5, 5.41) is 0. The van der Waals surface area contributed by atoms with Crippen LogP contribution in [0.2, 0.25) is 0 Å². The van der Waals surface area contributed by atoms with E-state index in [1.807, 2.05) is 6.08 Å². The van der Waals surface area contributed by atoms with E-state index in [0.717, 1.165) is 13.1 Å². The first-order valence-electron chi connectivity index (χ1n) is 4.35. The third kappa shape index (κ3) is 1.11. The van der Waals surface area contributed by atoms with Crippen LogP contribution in [0.4, 0.5) is 5.69 Å². The first kappa shape index (κ1) is 7.41. The van der Waals surface area contributed by atoms with E-state index in [-0.39, 0.29) is 0 Å². The third-order valence-corrected chi connectivity index (χ3v) is 2.33. The molecule has 1 heteroatoms. The molecular weight excluding hydrogens is 146 g/mol. The van der Waals surface area contributed by atoms with Crippen LogP contribution in [0.15, 0.2) is 36.9 Å². The van der Waals surface area contributed by atoms with Gasteiger partial charge in [-0.3, -0.25) is 0 Å². The van der Waals surface area contributed by atoms with Crippen molar-refractivity contribution in [3.05, 3.63) is 42.5 Å². The number of fused-ring (bicyclic) bond motifs is 1. The predicted molar refractivity (Wildman–Crippen MR) is 52.6 cm³/mol. The number of benzene rings is 1. The average Bonchev–Trinajstić information content (AvgIpc) is 2.50. The molecule has 0 aliphatic carbocycles. The lowest BCUT2D eigenvalue weighted by Crippen LogP contribution is -2.19. The Morgan fingerprint density at radius 3 is 3.08 bits per heavy atom. The maximum absolute atomic E-state index is 3.76. The molecule has 1 heterocycles. The molecule has 12 heavy (non-hydrogen) atoms. The lowest BCUT2D eigenvalue weighted by atomic mass is 10.2. The van der Waals surface area contributed by atoms with Crippen LogP contribution in [0.5, 0.6) is 0 Å². The van der Waals surface area contributed by atoms with Gasteiger partial charge in [-0.25, -0.2) is 0 Å². The van der Waals surface area contributed by atoms with Gasteiger partial charge in [0.05, 0.1) is 0 Å². The molecule has 0 saturated carbocycles. The number of rotatable bonds is 2. The molecule has 0 N–H and O–H groups in total. The fourth-order valence-electron chi connectivity index (χ4n) is 1.75. The molecule has 0 atom stereocenters. The van der Waals surface area contributed by atoms with Crippen LogP contribution in [-0.2, 0) is 6.42 Å².